The Kier molecular flexibility index (Phi) is 6.36. The smallest absolute Gasteiger partial charge is 0.356 e. The molecule has 1 fully saturated rings. The fourth-order valence-corrected chi connectivity index (χ4v) is 4.23. The van der Waals surface area contributed by atoms with Gasteiger partial charge in [0.1, 0.15) is 11.4 Å². The number of hydrogen-bond donors (Lipinski definition) is 1. The van der Waals surface area contributed by atoms with Crippen molar-refractivity contribution in [2.24, 2.45) is 0 Å². The van der Waals surface area contributed by atoms with E-state index in [9.17, 15) is 14.0 Å². The number of hydrogen-bond acceptors (Lipinski definition) is 6. The van der Waals surface area contributed by atoms with Gasteiger partial charge in [-0.05, 0) is 50.4 Å². The van der Waals surface area contributed by atoms with Crippen LogP contribution in [0.4, 0.5) is 14.5 Å². The molecule has 2 aliphatic heterocycles. The lowest BCUT2D eigenvalue weighted by molar-refractivity contribution is -0.123. The van der Waals surface area contributed by atoms with Gasteiger partial charge in [0.25, 0.3) is 5.91 Å². The molecule has 0 radical (unpaired) electrons. The highest BCUT2D eigenvalue weighted by Crippen LogP contribution is 2.36. The first-order valence-electron chi connectivity index (χ1n) is 10.7. The van der Waals surface area contributed by atoms with Crippen LogP contribution in [0.1, 0.15) is 53.7 Å². The molecule has 1 unspecified atom stereocenters. The number of piperidine rings is 1. The number of nitrogens with zero attached hydrogens (tertiary/aromatic N) is 2. The highest BCUT2D eigenvalue weighted by atomic mass is 19.1. The summed E-state index contributed by atoms with van der Waals surface area (Å²) in [6.07, 6.45) is 1.26. The van der Waals surface area contributed by atoms with Crippen molar-refractivity contribution in [3.63, 3.8) is 0 Å². The van der Waals surface area contributed by atoms with Gasteiger partial charge in [0.2, 0.25) is 5.95 Å². The molecule has 1 amide bonds. The Hall–Kier alpha value is -3.07. The molecule has 3 heterocycles. The predicted molar refractivity (Wildman–Crippen MR) is 113 cm³/mol. The number of aromatic nitrogens is 1. The molecule has 9 heteroatoms. The number of esters is 1. The van der Waals surface area contributed by atoms with Crippen LogP contribution in [0.3, 0.4) is 0 Å². The number of carbonyl (C=O) groups excluding carboxylic acids is 2. The van der Waals surface area contributed by atoms with Gasteiger partial charge in [-0.15, -0.1) is 0 Å². The molecule has 1 aromatic heterocycles. The van der Waals surface area contributed by atoms with Crippen LogP contribution in [-0.4, -0.2) is 48.1 Å². The average Bonchev–Trinajstić information content (AvgIpc) is 2.81. The zero-order valence-electron chi connectivity index (χ0n) is 18.0. The van der Waals surface area contributed by atoms with Crippen molar-refractivity contribution < 1.29 is 27.8 Å². The molecule has 1 aromatic carbocycles. The molecule has 1 saturated heterocycles. The minimum absolute atomic E-state index is 0.0301. The normalized spacial score (nSPS) is 19.1. The number of ether oxygens (including phenoxy) is 2. The summed E-state index contributed by atoms with van der Waals surface area (Å²) in [5, 5.41) is 2.62. The van der Waals surface area contributed by atoms with E-state index in [2.05, 4.69) is 19.9 Å². The van der Waals surface area contributed by atoms with E-state index in [1.54, 1.807) is 18.2 Å². The van der Waals surface area contributed by atoms with Crippen LogP contribution in [0.2, 0.25) is 0 Å². The van der Waals surface area contributed by atoms with E-state index >= 15 is 4.39 Å². The number of amides is 1. The second-order valence-corrected chi connectivity index (χ2v) is 8.03. The van der Waals surface area contributed by atoms with Gasteiger partial charge < -0.3 is 14.8 Å². The Morgan fingerprint density at radius 1 is 1.25 bits per heavy atom. The summed E-state index contributed by atoms with van der Waals surface area (Å²) in [7, 11) is 1.22. The molecule has 1 N–H and O–H groups in total. The third-order valence-corrected chi connectivity index (χ3v) is 6.06. The molecule has 0 saturated carbocycles. The van der Waals surface area contributed by atoms with E-state index in [4.69, 9.17) is 4.74 Å². The topological polar surface area (TPSA) is 80.8 Å². The van der Waals surface area contributed by atoms with Gasteiger partial charge in [0.15, 0.2) is 17.6 Å². The SMILES string of the molecule is CCC1Oc2ccc(CN3CCC(c4ccc(C(=O)OC)nc4F)CC3)c(F)c2NC1=O. The molecule has 2 aliphatic rings. The first kappa shape index (κ1) is 22.1. The average molecular weight is 445 g/mol. The Morgan fingerprint density at radius 3 is 2.66 bits per heavy atom. The summed E-state index contributed by atoms with van der Waals surface area (Å²) >= 11 is 0. The quantitative estimate of drug-likeness (QED) is 0.559. The number of benzene rings is 1. The summed E-state index contributed by atoms with van der Waals surface area (Å²) in [5.41, 5.74) is 0.972. The molecule has 1 atom stereocenters. The van der Waals surface area contributed by atoms with E-state index in [0.29, 0.717) is 55.8 Å². The molecule has 7 nitrogen and oxygen atoms in total. The highest BCUT2D eigenvalue weighted by molar-refractivity contribution is 5.98. The van der Waals surface area contributed by atoms with E-state index < -0.39 is 23.8 Å². The number of carbonyl (C=O) groups is 2. The number of pyridine rings is 1. The van der Waals surface area contributed by atoms with Crippen LogP contribution in [0, 0.1) is 11.8 Å². The van der Waals surface area contributed by atoms with Gasteiger partial charge >= 0.3 is 5.97 Å². The molecule has 0 bridgehead atoms. The number of fused-ring (bicyclic) bond motifs is 1. The molecule has 170 valence electrons. The number of likely N-dealkylation sites (tertiary alicyclic amines) is 1. The Labute approximate surface area is 184 Å². The van der Waals surface area contributed by atoms with E-state index in [-0.39, 0.29) is 23.2 Å². The number of methoxy groups -OCH3 is 1. The molecule has 4 rings (SSSR count). The van der Waals surface area contributed by atoms with E-state index in [1.807, 2.05) is 6.92 Å². The molecule has 0 aliphatic carbocycles. The lowest BCUT2D eigenvalue weighted by Crippen LogP contribution is -2.37. The minimum Gasteiger partial charge on any atom is -0.478 e. The number of anilines is 1. The first-order valence-corrected chi connectivity index (χ1v) is 10.7. The second-order valence-electron chi connectivity index (χ2n) is 8.03. The Morgan fingerprint density at radius 2 is 2.00 bits per heavy atom. The molecule has 2 aromatic rings. The lowest BCUT2D eigenvalue weighted by Gasteiger charge is -2.32. The van der Waals surface area contributed by atoms with E-state index in [1.165, 1.54) is 13.2 Å². The molecular formula is C23H25F2N3O4. The van der Waals surface area contributed by atoms with Crippen LogP contribution < -0.4 is 10.1 Å². The van der Waals surface area contributed by atoms with Crippen molar-refractivity contribution in [2.75, 3.05) is 25.5 Å². The third kappa shape index (κ3) is 4.29. The van der Waals surface area contributed by atoms with Crippen molar-refractivity contribution in [3.05, 3.63) is 52.9 Å². The van der Waals surface area contributed by atoms with Crippen molar-refractivity contribution in [2.45, 2.75) is 44.8 Å². The summed E-state index contributed by atoms with van der Waals surface area (Å²) < 4.78 is 39.6. The summed E-state index contributed by atoms with van der Waals surface area (Å²) in [6.45, 7) is 3.51. The number of nitrogens with one attached hydrogen (secondary N) is 1. The Balaban J connectivity index is 1.40. The largest absolute Gasteiger partial charge is 0.478 e. The van der Waals surface area contributed by atoms with Gasteiger partial charge in [-0.3, -0.25) is 9.69 Å². The van der Waals surface area contributed by atoms with Crippen molar-refractivity contribution in [3.8, 4) is 5.75 Å². The van der Waals surface area contributed by atoms with Crippen LogP contribution >= 0.6 is 0 Å². The molecular weight excluding hydrogens is 420 g/mol. The monoisotopic (exact) mass is 445 g/mol. The van der Waals surface area contributed by atoms with Crippen LogP contribution in [0.5, 0.6) is 5.75 Å². The zero-order valence-corrected chi connectivity index (χ0v) is 18.0. The maximum Gasteiger partial charge on any atom is 0.356 e. The molecule has 32 heavy (non-hydrogen) atoms. The van der Waals surface area contributed by atoms with Gasteiger partial charge in [-0.2, -0.15) is 4.39 Å². The maximum absolute atomic E-state index is 15.0. The highest BCUT2D eigenvalue weighted by Gasteiger charge is 2.30. The lowest BCUT2D eigenvalue weighted by atomic mass is 9.90. The van der Waals surface area contributed by atoms with Gasteiger partial charge in [-0.25, -0.2) is 14.2 Å². The zero-order chi connectivity index (χ0) is 22.8. The third-order valence-electron chi connectivity index (χ3n) is 6.06. The number of halogens is 2. The van der Waals surface area contributed by atoms with Crippen molar-refractivity contribution >= 4 is 17.6 Å². The van der Waals surface area contributed by atoms with Gasteiger partial charge in [0, 0.05) is 17.7 Å². The summed E-state index contributed by atoms with van der Waals surface area (Å²) in [4.78, 5) is 29.4. The van der Waals surface area contributed by atoms with Crippen molar-refractivity contribution in [1.29, 1.82) is 0 Å². The fraction of sp³-hybridized carbons (Fsp3) is 0.435. The van der Waals surface area contributed by atoms with Gasteiger partial charge in [-0.1, -0.05) is 19.1 Å². The maximum atomic E-state index is 15.0. The van der Waals surface area contributed by atoms with Crippen LogP contribution in [-0.2, 0) is 16.1 Å². The first-order chi connectivity index (χ1) is 15.4. The van der Waals surface area contributed by atoms with Crippen molar-refractivity contribution in [1.82, 2.24) is 9.88 Å². The fourth-order valence-electron chi connectivity index (χ4n) is 4.23. The van der Waals surface area contributed by atoms with E-state index in [0.717, 1.165) is 0 Å². The standard InChI is InChI=1S/C23H25F2N3O4/c1-3-17-22(29)27-20-18(32-17)7-4-14(19(20)24)12-28-10-8-13(9-11-28)15-5-6-16(23(30)31-2)26-21(15)25/h4-7,13,17H,3,8-12H2,1-2H3,(H,27,29). The summed E-state index contributed by atoms with van der Waals surface area (Å²) in [6, 6.07) is 6.43. The Bertz CT molecular complexity index is 1040. The van der Waals surface area contributed by atoms with Crippen LogP contribution in [0.15, 0.2) is 24.3 Å². The number of rotatable bonds is 5. The minimum atomic E-state index is -0.677. The summed E-state index contributed by atoms with van der Waals surface area (Å²) in [5.74, 6) is -1.85. The van der Waals surface area contributed by atoms with Gasteiger partial charge in [0.05, 0.1) is 7.11 Å². The van der Waals surface area contributed by atoms with Crippen LogP contribution in [0.25, 0.3) is 0 Å². The molecule has 0 spiro atoms. The predicted octanol–water partition coefficient (Wildman–Crippen LogP) is 3.64. The second kappa shape index (κ2) is 9.20.